The Labute approximate surface area is 62.0 Å². The quantitative estimate of drug-likeness (QED) is 0.656. The molecule has 1 atom stereocenters. The van der Waals surface area contributed by atoms with Crippen LogP contribution in [0, 0.1) is 6.92 Å². The molecule has 1 unspecified atom stereocenters. The molecule has 1 radical (unpaired) electrons. The SMILES string of the molecule is [CH2]CC(O)S(=O)(=O)C(C)C. The van der Waals surface area contributed by atoms with Gasteiger partial charge in [-0.25, -0.2) is 8.42 Å². The topological polar surface area (TPSA) is 54.4 Å². The maximum Gasteiger partial charge on any atom is 0.179 e. The normalized spacial score (nSPS) is 15.7. The highest BCUT2D eigenvalue weighted by Gasteiger charge is 2.24. The molecule has 0 saturated heterocycles. The maximum absolute atomic E-state index is 11.0. The molecule has 0 rings (SSSR count). The molecule has 0 aliphatic carbocycles. The molecule has 0 spiro atoms. The molecule has 0 saturated carbocycles. The Kier molecular flexibility index (Phi) is 3.31. The van der Waals surface area contributed by atoms with Gasteiger partial charge in [-0.15, -0.1) is 0 Å². The minimum absolute atomic E-state index is 0.0144. The number of aliphatic hydroxyl groups excluding tert-OH is 1. The number of aliphatic hydroxyl groups is 1. The standard InChI is InChI=1S/C6H13O3S/c1-4-6(7)10(8,9)5(2)3/h5-7H,1,4H2,2-3H3. The molecule has 4 heteroatoms. The average molecular weight is 165 g/mol. The van der Waals surface area contributed by atoms with Crippen LogP contribution >= 0.6 is 0 Å². The molecule has 0 aliphatic rings. The lowest BCUT2D eigenvalue weighted by Crippen LogP contribution is -2.27. The van der Waals surface area contributed by atoms with Crippen LogP contribution in [-0.2, 0) is 9.84 Å². The zero-order valence-electron chi connectivity index (χ0n) is 6.24. The minimum atomic E-state index is -3.33. The van der Waals surface area contributed by atoms with E-state index >= 15 is 0 Å². The van der Waals surface area contributed by atoms with Gasteiger partial charge in [-0.2, -0.15) is 0 Å². The molecule has 0 aromatic rings. The van der Waals surface area contributed by atoms with Crippen molar-refractivity contribution in [2.24, 2.45) is 0 Å². The van der Waals surface area contributed by atoms with Gasteiger partial charge in [-0.1, -0.05) is 0 Å². The van der Waals surface area contributed by atoms with Gasteiger partial charge in [0.05, 0.1) is 5.25 Å². The highest BCUT2D eigenvalue weighted by Crippen LogP contribution is 2.08. The Hall–Kier alpha value is -0.0900. The van der Waals surface area contributed by atoms with E-state index < -0.39 is 20.5 Å². The van der Waals surface area contributed by atoms with Crippen LogP contribution in [0.3, 0.4) is 0 Å². The van der Waals surface area contributed by atoms with Gasteiger partial charge >= 0.3 is 0 Å². The third-order valence-electron chi connectivity index (χ3n) is 1.28. The summed E-state index contributed by atoms with van der Waals surface area (Å²) in [6, 6.07) is 0. The van der Waals surface area contributed by atoms with Crippen LogP contribution in [0.4, 0.5) is 0 Å². The van der Waals surface area contributed by atoms with Gasteiger partial charge in [0, 0.05) is 0 Å². The van der Waals surface area contributed by atoms with Crippen LogP contribution in [0.25, 0.3) is 0 Å². The predicted octanol–water partition coefficient (Wildman–Crippen LogP) is 0.352. The molecule has 0 fully saturated rings. The first-order valence-corrected chi connectivity index (χ1v) is 4.74. The molecular weight excluding hydrogens is 152 g/mol. The number of rotatable bonds is 3. The molecule has 0 amide bonds. The lowest BCUT2D eigenvalue weighted by molar-refractivity contribution is 0.250. The predicted molar refractivity (Wildman–Crippen MR) is 40.0 cm³/mol. The molecule has 0 aromatic heterocycles. The second kappa shape index (κ2) is 3.34. The summed E-state index contributed by atoms with van der Waals surface area (Å²) in [7, 11) is -3.33. The van der Waals surface area contributed by atoms with Gasteiger partial charge in [0.15, 0.2) is 15.3 Å². The van der Waals surface area contributed by atoms with Crippen molar-refractivity contribution in [3.05, 3.63) is 6.92 Å². The van der Waals surface area contributed by atoms with Gasteiger partial charge in [0.25, 0.3) is 0 Å². The summed E-state index contributed by atoms with van der Waals surface area (Å²) >= 11 is 0. The van der Waals surface area contributed by atoms with Crippen LogP contribution in [0.2, 0.25) is 0 Å². The Bertz CT molecular complexity index is 181. The van der Waals surface area contributed by atoms with Gasteiger partial charge in [0.1, 0.15) is 0 Å². The maximum atomic E-state index is 11.0. The zero-order chi connectivity index (χ0) is 8.36. The van der Waals surface area contributed by atoms with E-state index in [1.165, 1.54) is 13.8 Å². The van der Waals surface area contributed by atoms with E-state index in [1.54, 1.807) is 0 Å². The largest absolute Gasteiger partial charge is 0.377 e. The fraction of sp³-hybridized carbons (Fsp3) is 0.833. The van der Waals surface area contributed by atoms with Gasteiger partial charge in [0.2, 0.25) is 0 Å². The highest BCUT2D eigenvalue weighted by atomic mass is 32.2. The first-order chi connectivity index (χ1) is 4.42. The first-order valence-electron chi connectivity index (χ1n) is 3.13. The van der Waals surface area contributed by atoms with Crippen molar-refractivity contribution in [3.8, 4) is 0 Å². The summed E-state index contributed by atoms with van der Waals surface area (Å²) in [5.74, 6) is 0. The summed E-state index contributed by atoms with van der Waals surface area (Å²) in [6.45, 7) is 6.38. The van der Waals surface area contributed by atoms with Crippen molar-refractivity contribution >= 4 is 9.84 Å². The Morgan fingerprint density at radius 1 is 1.50 bits per heavy atom. The molecule has 61 valence electrons. The van der Waals surface area contributed by atoms with E-state index in [-0.39, 0.29) is 6.42 Å². The van der Waals surface area contributed by atoms with Crippen molar-refractivity contribution in [1.29, 1.82) is 0 Å². The summed E-state index contributed by atoms with van der Waals surface area (Å²) in [5.41, 5.74) is -1.30. The highest BCUT2D eigenvalue weighted by molar-refractivity contribution is 7.92. The second-order valence-electron chi connectivity index (χ2n) is 2.38. The van der Waals surface area contributed by atoms with Crippen LogP contribution in [0.15, 0.2) is 0 Å². The Balaban J connectivity index is 4.42. The van der Waals surface area contributed by atoms with E-state index in [9.17, 15) is 8.42 Å². The molecule has 3 nitrogen and oxygen atoms in total. The van der Waals surface area contributed by atoms with E-state index in [4.69, 9.17) is 5.11 Å². The smallest absolute Gasteiger partial charge is 0.179 e. The van der Waals surface area contributed by atoms with E-state index in [1.807, 2.05) is 0 Å². The minimum Gasteiger partial charge on any atom is -0.377 e. The van der Waals surface area contributed by atoms with Gasteiger partial charge in [-0.3, -0.25) is 0 Å². The summed E-state index contributed by atoms with van der Waals surface area (Å²) in [4.78, 5) is 0. The van der Waals surface area contributed by atoms with Crippen LogP contribution < -0.4 is 0 Å². The van der Waals surface area contributed by atoms with E-state index in [0.29, 0.717) is 0 Å². The molecule has 0 aliphatic heterocycles. The second-order valence-corrected chi connectivity index (χ2v) is 5.05. The zero-order valence-corrected chi connectivity index (χ0v) is 7.06. The molecule has 10 heavy (non-hydrogen) atoms. The summed E-state index contributed by atoms with van der Waals surface area (Å²) in [6.07, 6.45) is 0.0144. The third kappa shape index (κ3) is 1.95. The summed E-state index contributed by atoms with van der Waals surface area (Å²) < 4.78 is 21.9. The molecule has 0 aromatic carbocycles. The van der Waals surface area contributed by atoms with Crippen LogP contribution in [-0.4, -0.2) is 24.2 Å². The number of hydrogen-bond donors (Lipinski definition) is 1. The van der Waals surface area contributed by atoms with Crippen molar-refractivity contribution in [2.45, 2.75) is 31.0 Å². The molecule has 0 bridgehead atoms. The molecule has 1 N–H and O–H groups in total. The lowest BCUT2D eigenvalue weighted by atomic mass is 10.5. The fourth-order valence-electron chi connectivity index (χ4n) is 0.478. The van der Waals surface area contributed by atoms with Crippen molar-refractivity contribution < 1.29 is 13.5 Å². The number of hydrogen-bond acceptors (Lipinski definition) is 3. The molecule has 0 heterocycles. The summed E-state index contributed by atoms with van der Waals surface area (Å²) in [5, 5.41) is 8.38. The van der Waals surface area contributed by atoms with Gasteiger partial charge in [-0.05, 0) is 27.2 Å². The fourth-order valence-corrected chi connectivity index (χ4v) is 1.44. The average Bonchev–Trinajstić information content (AvgIpc) is 1.86. The lowest BCUT2D eigenvalue weighted by Gasteiger charge is -2.11. The monoisotopic (exact) mass is 165 g/mol. The van der Waals surface area contributed by atoms with Crippen LogP contribution in [0.5, 0.6) is 0 Å². The Morgan fingerprint density at radius 3 is 2.00 bits per heavy atom. The van der Waals surface area contributed by atoms with Crippen molar-refractivity contribution in [2.75, 3.05) is 0 Å². The third-order valence-corrected chi connectivity index (χ3v) is 3.59. The van der Waals surface area contributed by atoms with Crippen molar-refractivity contribution in [1.82, 2.24) is 0 Å². The molecular formula is C6H13O3S. The van der Waals surface area contributed by atoms with Crippen LogP contribution in [0.1, 0.15) is 20.3 Å². The van der Waals surface area contributed by atoms with E-state index in [2.05, 4.69) is 6.92 Å². The first kappa shape index (κ1) is 9.91. The van der Waals surface area contributed by atoms with Gasteiger partial charge < -0.3 is 5.11 Å². The Morgan fingerprint density at radius 2 is 1.90 bits per heavy atom. The number of sulfone groups is 1. The van der Waals surface area contributed by atoms with Crippen molar-refractivity contribution in [3.63, 3.8) is 0 Å². The van der Waals surface area contributed by atoms with E-state index in [0.717, 1.165) is 0 Å².